The quantitative estimate of drug-likeness (QED) is 0.294. The zero-order valence-corrected chi connectivity index (χ0v) is 5.25. The van der Waals surface area contributed by atoms with Crippen LogP contribution in [0, 0.1) is 5.21 Å². The van der Waals surface area contributed by atoms with Crippen molar-refractivity contribution in [1.29, 1.82) is 0 Å². The van der Waals surface area contributed by atoms with Gasteiger partial charge in [-0.3, -0.25) is 0 Å². The van der Waals surface area contributed by atoms with E-state index in [0.717, 1.165) is 0 Å². The fourth-order valence-electron chi connectivity index (χ4n) is 0.134. The van der Waals surface area contributed by atoms with Gasteiger partial charge in [0.25, 0.3) is 0 Å². The highest BCUT2D eigenvalue weighted by Crippen LogP contribution is 2.04. The molecule has 4 heteroatoms. The maximum Gasteiger partial charge on any atom is 0.197 e. The summed E-state index contributed by atoms with van der Waals surface area (Å²) in [4.78, 5) is 0.243. The molecule has 0 aromatic carbocycles. The van der Waals surface area contributed by atoms with Gasteiger partial charge in [-0.1, -0.05) is 4.86 Å². The zero-order chi connectivity index (χ0) is 6.78. The molecule has 0 aromatic rings. The van der Waals surface area contributed by atoms with Gasteiger partial charge in [0.1, 0.15) is 0 Å². The molecule has 0 aliphatic rings. The van der Waals surface area contributed by atoms with Gasteiger partial charge in [0, 0.05) is 20.8 Å². The summed E-state index contributed by atoms with van der Waals surface area (Å²) in [6, 6.07) is 0. The van der Waals surface area contributed by atoms with Crippen molar-refractivity contribution in [2.24, 2.45) is 5.28 Å². The Morgan fingerprint density at radius 2 is 1.88 bits per heavy atom. The molecule has 0 radical (unpaired) electrons. The lowest BCUT2D eigenvalue weighted by Crippen LogP contribution is -2.26. The first-order valence-corrected chi connectivity index (χ1v) is 2.31. The summed E-state index contributed by atoms with van der Waals surface area (Å²) in [6.07, 6.45) is 0. The summed E-state index contributed by atoms with van der Waals surface area (Å²) in [5, 5.41) is 20.7. The van der Waals surface area contributed by atoms with Gasteiger partial charge < -0.3 is 10.4 Å². The van der Waals surface area contributed by atoms with Crippen molar-refractivity contribution in [3.05, 3.63) is 5.21 Å². The summed E-state index contributed by atoms with van der Waals surface area (Å²) in [7, 11) is 0. The Hall–Kier alpha value is -0.800. The molecule has 4 nitrogen and oxygen atoms in total. The number of rotatable bonds is 0. The molecule has 0 aliphatic carbocycles. The second kappa shape index (κ2) is 1.98. The normalized spacial score (nSPS) is 14.1. The fraction of sp³-hybridized carbons (Fsp3) is 1.00. The molecular formula is C4H10N2O2. The molecule has 0 atom stereocenters. The first kappa shape index (κ1) is 7.20. The Bertz CT molecular complexity index is 103. The van der Waals surface area contributed by atoms with E-state index < -0.39 is 5.54 Å². The van der Waals surface area contributed by atoms with E-state index in [1.165, 1.54) is 0 Å². The molecule has 0 saturated carbocycles. The molecule has 0 aromatic heterocycles. The van der Waals surface area contributed by atoms with Gasteiger partial charge in [-0.15, -0.1) is 0 Å². The summed E-state index contributed by atoms with van der Waals surface area (Å²) in [6.45, 7) is 4.96. The van der Waals surface area contributed by atoms with Crippen LogP contribution in [-0.4, -0.2) is 15.6 Å². The molecule has 48 valence electrons. The number of hydrogen-bond acceptors (Lipinski definition) is 2. The Morgan fingerprint density at radius 3 is 1.88 bits per heavy atom. The average molecular weight is 118 g/mol. The Balaban J connectivity index is 4.03. The molecule has 0 saturated heterocycles. The van der Waals surface area contributed by atoms with Crippen LogP contribution in [-0.2, 0) is 0 Å². The molecule has 0 heterocycles. The van der Waals surface area contributed by atoms with Crippen LogP contribution >= 0.6 is 0 Å². The monoisotopic (exact) mass is 118 g/mol. The Morgan fingerprint density at radius 1 is 1.50 bits per heavy atom. The molecule has 0 unspecified atom stereocenters. The lowest BCUT2D eigenvalue weighted by Gasteiger charge is -2.11. The molecule has 0 aliphatic heterocycles. The predicted molar refractivity (Wildman–Crippen MR) is 27.6 cm³/mol. The van der Waals surface area contributed by atoms with E-state index in [4.69, 9.17) is 5.21 Å². The third-order valence-corrected chi connectivity index (χ3v) is 0.655. The highest BCUT2D eigenvalue weighted by atomic mass is 16.6. The van der Waals surface area contributed by atoms with Gasteiger partial charge in [-0.25, -0.2) is 0 Å². The second-order valence-corrected chi connectivity index (χ2v) is 2.53. The summed E-state index contributed by atoms with van der Waals surface area (Å²) in [5.74, 6) is 0. The SMILES string of the molecule is CC(C)(C)/[N+]([O-])=N\O. The highest BCUT2D eigenvalue weighted by Gasteiger charge is 2.20. The molecular weight excluding hydrogens is 108 g/mol. The highest BCUT2D eigenvalue weighted by molar-refractivity contribution is 4.53. The van der Waals surface area contributed by atoms with E-state index in [1.54, 1.807) is 20.8 Å². The van der Waals surface area contributed by atoms with E-state index in [9.17, 15) is 5.21 Å². The minimum Gasteiger partial charge on any atom is -0.597 e. The topological polar surface area (TPSA) is 58.7 Å². The van der Waals surface area contributed by atoms with Gasteiger partial charge in [0.2, 0.25) is 0 Å². The van der Waals surface area contributed by atoms with Gasteiger partial charge in [0.05, 0.1) is 0 Å². The molecule has 0 rings (SSSR count). The first-order valence-electron chi connectivity index (χ1n) is 2.31. The predicted octanol–water partition coefficient (Wildman–Crippen LogP) is 1.14. The minimum absolute atomic E-state index is 0.243. The van der Waals surface area contributed by atoms with E-state index in [-0.39, 0.29) is 4.86 Å². The lowest BCUT2D eigenvalue weighted by atomic mass is 10.1. The van der Waals surface area contributed by atoms with E-state index in [0.29, 0.717) is 0 Å². The minimum atomic E-state index is -0.630. The second-order valence-electron chi connectivity index (χ2n) is 2.53. The van der Waals surface area contributed by atoms with Gasteiger partial charge in [-0.05, 0) is 0 Å². The smallest absolute Gasteiger partial charge is 0.197 e. The molecule has 0 amide bonds. The van der Waals surface area contributed by atoms with E-state index in [1.807, 2.05) is 0 Å². The molecule has 0 bridgehead atoms. The van der Waals surface area contributed by atoms with Crippen LogP contribution in [0.15, 0.2) is 5.28 Å². The van der Waals surface area contributed by atoms with Crippen LogP contribution in [0.4, 0.5) is 0 Å². The molecule has 1 N–H and O–H groups in total. The summed E-state index contributed by atoms with van der Waals surface area (Å²) in [5.41, 5.74) is -0.630. The van der Waals surface area contributed by atoms with Gasteiger partial charge >= 0.3 is 0 Å². The van der Waals surface area contributed by atoms with Crippen LogP contribution in [0.2, 0.25) is 0 Å². The average Bonchev–Trinajstić information content (AvgIpc) is 1.62. The Kier molecular flexibility index (Phi) is 1.78. The van der Waals surface area contributed by atoms with E-state index >= 15 is 0 Å². The van der Waals surface area contributed by atoms with Crippen LogP contribution in [0.3, 0.4) is 0 Å². The van der Waals surface area contributed by atoms with E-state index in [2.05, 4.69) is 5.28 Å². The fourth-order valence-corrected chi connectivity index (χ4v) is 0.134. The van der Waals surface area contributed by atoms with Crippen molar-refractivity contribution in [2.45, 2.75) is 26.3 Å². The maximum absolute atomic E-state index is 10.3. The van der Waals surface area contributed by atoms with Crippen molar-refractivity contribution < 1.29 is 10.1 Å². The molecule has 0 fully saturated rings. The zero-order valence-electron chi connectivity index (χ0n) is 5.25. The Labute approximate surface area is 48.0 Å². The van der Waals surface area contributed by atoms with Crippen LogP contribution < -0.4 is 0 Å². The van der Waals surface area contributed by atoms with Gasteiger partial charge in [-0.2, -0.15) is 0 Å². The largest absolute Gasteiger partial charge is 0.597 e. The number of nitrogens with zero attached hydrogens (tertiary/aromatic N) is 2. The van der Waals surface area contributed by atoms with Crippen LogP contribution in [0.5, 0.6) is 0 Å². The first-order chi connectivity index (χ1) is 3.48. The third kappa shape index (κ3) is 1.77. The van der Waals surface area contributed by atoms with Crippen molar-refractivity contribution >= 4 is 0 Å². The lowest BCUT2D eigenvalue weighted by molar-refractivity contribution is -0.620. The standard InChI is InChI=1S/C4H10N2O2/c1-4(2,3)6(8)5-7/h7H,1-3H3/b6-5+. The van der Waals surface area contributed by atoms with Crippen molar-refractivity contribution in [2.75, 3.05) is 0 Å². The van der Waals surface area contributed by atoms with Crippen molar-refractivity contribution in [3.8, 4) is 0 Å². The number of hydroxylamine groups is 1. The third-order valence-electron chi connectivity index (χ3n) is 0.655. The van der Waals surface area contributed by atoms with Gasteiger partial charge in [0.15, 0.2) is 10.8 Å². The molecule has 0 spiro atoms. The maximum atomic E-state index is 10.3. The van der Waals surface area contributed by atoms with Crippen molar-refractivity contribution in [3.63, 3.8) is 0 Å². The summed E-state index contributed by atoms with van der Waals surface area (Å²) >= 11 is 0. The number of hydrogen-bond donors (Lipinski definition) is 1. The van der Waals surface area contributed by atoms with Crippen LogP contribution in [0.1, 0.15) is 20.8 Å². The molecule has 8 heavy (non-hydrogen) atoms. The van der Waals surface area contributed by atoms with Crippen LogP contribution in [0.25, 0.3) is 0 Å². The summed E-state index contributed by atoms with van der Waals surface area (Å²) < 4.78 is 0. The van der Waals surface area contributed by atoms with Crippen molar-refractivity contribution in [1.82, 2.24) is 0 Å².